The van der Waals surface area contributed by atoms with Gasteiger partial charge in [-0.15, -0.1) is 0 Å². The summed E-state index contributed by atoms with van der Waals surface area (Å²) in [6.45, 7) is 0. The number of nitrogens with zero attached hydrogens (tertiary/aromatic N) is 2. The number of carbonyl (C=O) groups excluding carboxylic acids is 1. The van der Waals surface area contributed by atoms with Gasteiger partial charge in [0.2, 0.25) is 0 Å². The summed E-state index contributed by atoms with van der Waals surface area (Å²) in [7, 11) is 3.48. The molecule has 1 amide bonds. The summed E-state index contributed by atoms with van der Waals surface area (Å²) in [6, 6.07) is 7.92. The highest BCUT2D eigenvalue weighted by Gasteiger charge is 2.66. The van der Waals surface area contributed by atoms with E-state index in [2.05, 4.69) is 11.4 Å². The minimum absolute atomic E-state index is 0.00204. The van der Waals surface area contributed by atoms with Gasteiger partial charge in [0.1, 0.15) is 0 Å². The second kappa shape index (κ2) is 5.52. The minimum atomic E-state index is -0.847. The molecule has 4 rings (SSSR count). The largest absolute Gasteiger partial charge is 0.381 e. The molecule has 2 aliphatic carbocycles. The molecule has 1 atom stereocenters. The van der Waals surface area contributed by atoms with Crippen molar-refractivity contribution < 1.29 is 9.53 Å². The van der Waals surface area contributed by atoms with Crippen LogP contribution in [-0.2, 0) is 21.5 Å². The van der Waals surface area contributed by atoms with Gasteiger partial charge in [-0.1, -0.05) is 6.07 Å². The first-order valence-electron chi connectivity index (χ1n) is 8.64. The van der Waals surface area contributed by atoms with Crippen LogP contribution >= 0.6 is 12.2 Å². The van der Waals surface area contributed by atoms with E-state index in [1.807, 2.05) is 18.2 Å². The van der Waals surface area contributed by atoms with E-state index in [1.54, 1.807) is 19.1 Å². The molecule has 1 N–H and O–H groups in total. The number of methoxy groups -OCH3 is 1. The molecule has 1 aliphatic heterocycles. The Hall–Kier alpha value is -1.97. The smallest absolute Gasteiger partial charge is 0.259 e. The van der Waals surface area contributed by atoms with Gasteiger partial charge < -0.3 is 10.1 Å². The molecule has 3 aliphatic rings. The summed E-state index contributed by atoms with van der Waals surface area (Å²) < 4.78 is 5.54. The van der Waals surface area contributed by atoms with Gasteiger partial charge in [0.25, 0.3) is 5.91 Å². The molecule has 1 heterocycles. The lowest BCUT2D eigenvalue weighted by atomic mass is 9.61. The zero-order valence-electron chi connectivity index (χ0n) is 14.5. The Bertz CT molecular complexity index is 807. The van der Waals surface area contributed by atoms with Crippen molar-refractivity contribution >= 4 is 23.2 Å². The summed E-state index contributed by atoms with van der Waals surface area (Å²) in [4.78, 5) is 14.9. The maximum atomic E-state index is 13.4. The molecule has 1 unspecified atom stereocenters. The Morgan fingerprint density at radius 1 is 1.40 bits per heavy atom. The van der Waals surface area contributed by atoms with Crippen molar-refractivity contribution in [3.63, 3.8) is 0 Å². The van der Waals surface area contributed by atoms with Gasteiger partial charge in [0.05, 0.1) is 17.7 Å². The van der Waals surface area contributed by atoms with E-state index in [0.29, 0.717) is 10.7 Å². The average molecular weight is 355 g/mol. The molecule has 2 fully saturated rings. The van der Waals surface area contributed by atoms with Gasteiger partial charge >= 0.3 is 0 Å². The zero-order valence-corrected chi connectivity index (χ0v) is 15.3. The maximum Gasteiger partial charge on any atom is 0.259 e. The number of hydrogen-bond donors (Lipinski definition) is 1. The quantitative estimate of drug-likeness (QED) is 0.783. The summed E-state index contributed by atoms with van der Waals surface area (Å²) >= 11 is 5.42. The van der Waals surface area contributed by atoms with Gasteiger partial charge in [-0.05, 0) is 67.6 Å². The first-order chi connectivity index (χ1) is 12.0. The van der Waals surface area contributed by atoms with Crippen LogP contribution in [0.25, 0.3) is 0 Å². The first kappa shape index (κ1) is 16.5. The highest BCUT2D eigenvalue weighted by atomic mass is 32.1. The minimum Gasteiger partial charge on any atom is -0.381 e. The molecule has 5 nitrogen and oxygen atoms in total. The molecule has 0 bridgehead atoms. The van der Waals surface area contributed by atoms with Crippen LogP contribution in [0.15, 0.2) is 18.2 Å². The van der Waals surface area contributed by atoms with Gasteiger partial charge in [0.15, 0.2) is 10.7 Å². The summed E-state index contributed by atoms with van der Waals surface area (Å²) in [5.74, 6) is 0.00204. The molecule has 0 radical (unpaired) electrons. The molecule has 1 aromatic carbocycles. The van der Waals surface area contributed by atoms with E-state index in [0.717, 1.165) is 43.2 Å². The highest BCUT2D eigenvalue weighted by Crippen LogP contribution is 2.59. The van der Waals surface area contributed by atoms with E-state index < -0.39 is 5.54 Å². The summed E-state index contributed by atoms with van der Waals surface area (Å²) in [6.07, 6.45) is 4.75. The molecule has 1 aromatic rings. The van der Waals surface area contributed by atoms with Crippen molar-refractivity contribution in [3.05, 3.63) is 34.9 Å². The monoisotopic (exact) mass is 355 g/mol. The highest BCUT2D eigenvalue weighted by molar-refractivity contribution is 7.80. The number of amides is 1. The molecular formula is C19H21N3O2S. The van der Waals surface area contributed by atoms with Gasteiger partial charge in [0, 0.05) is 19.6 Å². The second-order valence-electron chi connectivity index (χ2n) is 7.42. The average Bonchev–Trinajstić information content (AvgIpc) is 3.03. The number of nitrogens with one attached hydrogen (secondary N) is 1. The third kappa shape index (κ3) is 2.03. The van der Waals surface area contributed by atoms with Gasteiger partial charge in [-0.25, -0.2) is 0 Å². The predicted octanol–water partition coefficient (Wildman–Crippen LogP) is 2.23. The number of rotatable bonds is 1. The van der Waals surface area contributed by atoms with E-state index in [1.165, 1.54) is 0 Å². The second-order valence-corrected chi connectivity index (χ2v) is 7.81. The van der Waals surface area contributed by atoms with Crippen molar-refractivity contribution in [1.82, 2.24) is 10.2 Å². The molecular weight excluding hydrogens is 334 g/mol. The third-order valence-electron chi connectivity index (χ3n) is 6.41. The van der Waals surface area contributed by atoms with Crippen molar-refractivity contribution in [2.75, 3.05) is 14.2 Å². The lowest BCUT2D eigenvalue weighted by Gasteiger charge is -2.46. The van der Waals surface area contributed by atoms with Crippen molar-refractivity contribution in [2.45, 2.75) is 43.7 Å². The van der Waals surface area contributed by atoms with Crippen LogP contribution in [0.1, 0.15) is 42.4 Å². The first-order valence-corrected chi connectivity index (χ1v) is 9.05. The van der Waals surface area contributed by atoms with Crippen LogP contribution in [0.2, 0.25) is 0 Å². The number of fused-ring (bicyclic) bond motifs is 3. The Morgan fingerprint density at radius 2 is 2.12 bits per heavy atom. The Morgan fingerprint density at radius 3 is 2.68 bits per heavy atom. The number of likely N-dealkylation sites (N-methyl/N-ethyl adjacent to an activating group) is 1. The van der Waals surface area contributed by atoms with Crippen LogP contribution in [0.3, 0.4) is 0 Å². The molecule has 0 aromatic heterocycles. The fourth-order valence-corrected chi connectivity index (χ4v) is 5.28. The Labute approximate surface area is 152 Å². The lowest BCUT2D eigenvalue weighted by Crippen LogP contribution is -2.56. The number of thiocarbonyl (C=S) groups is 1. The van der Waals surface area contributed by atoms with Crippen LogP contribution in [0, 0.1) is 16.7 Å². The molecule has 130 valence electrons. The fourth-order valence-electron chi connectivity index (χ4n) is 5.05. The zero-order chi connectivity index (χ0) is 17.8. The SMILES string of the molecule is COC1CCC2(CC1)Cc1ccc(C#N)cc1C21NC(=S)N(C)C1=O. The lowest BCUT2D eigenvalue weighted by molar-refractivity contribution is -0.137. The molecule has 1 saturated carbocycles. The predicted molar refractivity (Wildman–Crippen MR) is 96.7 cm³/mol. The summed E-state index contributed by atoms with van der Waals surface area (Å²) in [5, 5.41) is 13.2. The summed E-state index contributed by atoms with van der Waals surface area (Å²) in [5.41, 5.74) is 1.59. The van der Waals surface area contributed by atoms with Crippen molar-refractivity contribution in [1.29, 1.82) is 5.26 Å². The molecule has 6 heteroatoms. The fraction of sp³-hybridized carbons (Fsp3) is 0.526. The number of nitriles is 1. The number of ether oxygens (including phenoxy) is 1. The van der Waals surface area contributed by atoms with Gasteiger partial charge in [-0.2, -0.15) is 5.26 Å². The van der Waals surface area contributed by atoms with E-state index >= 15 is 0 Å². The van der Waals surface area contributed by atoms with Crippen LogP contribution in [0.5, 0.6) is 0 Å². The number of benzene rings is 1. The Balaban J connectivity index is 1.88. The van der Waals surface area contributed by atoms with Crippen LogP contribution in [0.4, 0.5) is 0 Å². The normalized spacial score (nSPS) is 33.6. The standard InChI is InChI=1S/C19H21N3O2S/c1-22-16(23)19(21-17(22)25)15-9-12(11-20)3-4-13(15)10-18(19)7-5-14(24-2)6-8-18/h3-4,9,14H,5-8,10H2,1-2H3,(H,21,25). The topological polar surface area (TPSA) is 65.4 Å². The van der Waals surface area contributed by atoms with Crippen LogP contribution < -0.4 is 5.32 Å². The van der Waals surface area contributed by atoms with E-state index in [4.69, 9.17) is 17.0 Å². The molecule has 25 heavy (non-hydrogen) atoms. The van der Waals surface area contributed by atoms with E-state index in [-0.39, 0.29) is 17.4 Å². The molecule has 2 spiro atoms. The van der Waals surface area contributed by atoms with Crippen molar-refractivity contribution in [2.24, 2.45) is 5.41 Å². The van der Waals surface area contributed by atoms with E-state index in [9.17, 15) is 10.1 Å². The Kier molecular flexibility index (Phi) is 3.64. The van der Waals surface area contributed by atoms with Crippen LogP contribution in [-0.4, -0.2) is 36.2 Å². The molecule has 1 saturated heterocycles. The van der Waals surface area contributed by atoms with Gasteiger partial charge in [-0.3, -0.25) is 9.69 Å². The van der Waals surface area contributed by atoms with Crippen molar-refractivity contribution in [3.8, 4) is 6.07 Å². The number of hydrogen-bond acceptors (Lipinski definition) is 4. The third-order valence-corrected chi connectivity index (χ3v) is 6.79. The number of carbonyl (C=O) groups is 1. The maximum absolute atomic E-state index is 13.4.